The van der Waals surface area contributed by atoms with E-state index in [0.29, 0.717) is 17.8 Å². The van der Waals surface area contributed by atoms with Gasteiger partial charge in [-0.05, 0) is 38.7 Å². The highest BCUT2D eigenvalue weighted by atomic mass is 16.5. The van der Waals surface area contributed by atoms with Crippen molar-refractivity contribution < 1.29 is 4.52 Å². The van der Waals surface area contributed by atoms with Crippen LogP contribution in [-0.4, -0.2) is 16.2 Å². The van der Waals surface area contributed by atoms with E-state index < -0.39 is 0 Å². The van der Waals surface area contributed by atoms with Gasteiger partial charge in [0.2, 0.25) is 11.7 Å². The Kier molecular flexibility index (Phi) is 3.34. The normalized spacial score (nSPS) is 23.5. The lowest BCUT2D eigenvalue weighted by Gasteiger charge is -2.22. The Labute approximate surface area is 113 Å². The van der Waals surface area contributed by atoms with E-state index >= 15 is 0 Å². The molecule has 0 radical (unpaired) electrons. The van der Waals surface area contributed by atoms with Crippen molar-refractivity contribution >= 4 is 0 Å². The number of hydrogen-bond acceptors (Lipinski definition) is 4. The predicted molar refractivity (Wildman–Crippen MR) is 73.7 cm³/mol. The highest BCUT2D eigenvalue weighted by Crippen LogP contribution is 2.32. The fourth-order valence-corrected chi connectivity index (χ4v) is 2.67. The van der Waals surface area contributed by atoms with Gasteiger partial charge < -0.3 is 10.3 Å². The Hall–Kier alpha value is -1.68. The van der Waals surface area contributed by atoms with E-state index in [1.807, 2.05) is 12.1 Å². The minimum absolute atomic E-state index is 0.343. The molecule has 4 nitrogen and oxygen atoms in total. The topological polar surface area (TPSA) is 64.9 Å². The highest BCUT2D eigenvalue weighted by molar-refractivity contribution is 5.55. The molecule has 0 spiro atoms. The van der Waals surface area contributed by atoms with Crippen LogP contribution in [0, 0.1) is 6.92 Å². The van der Waals surface area contributed by atoms with Crippen molar-refractivity contribution in [3.63, 3.8) is 0 Å². The molecule has 1 aromatic carbocycles. The van der Waals surface area contributed by atoms with Crippen LogP contribution in [0.4, 0.5) is 0 Å². The van der Waals surface area contributed by atoms with Gasteiger partial charge in [0.25, 0.3) is 0 Å². The molecule has 100 valence electrons. The molecule has 2 aromatic rings. The monoisotopic (exact) mass is 257 g/mol. The first kappa shape index (κ1) is 12.4. The maximum absolute atomic E-state index is 5.92. The van der Waals surface area contributed by atoms with E-state index in [9.17, 15) is 0 Å². The molecule has 0 aliphatic heterocycles. The summed E-state index contributed by atoms with van der Waals surface area (Å²) >= 11 is 0. The van der Waals surface area contributed by atoms with Crippen LogP contribution in [-0.2, 0) is 0 Å². The van der Waals surface area contributed by atoms with Crippen molar-refractivity contribution in [3.05, 3.63) is 35.7 Å². The zero-order valence-electron chi connectivity index (χ0n) is 11.2. The maximum Gasteiger partial charge on any atom is 0.230 e. The lowest BCUT2D eigenvalue weighted by Crippen LogP contribution is -2.25. The number of nitrogens with zero attached hydrogens (tertiary/aromatic N) is 2. The molecule has 0 amide bonds. The lowest BCUT2D eigenvalue weighted by molar-refractivity contribution is 0.301. The molecule has 0 bridgehead atoms. The molecule has 19 heavy (non-hydrogen) atoms. The third-order valence-corrected chi connectivity index (χ3v) is 3.84. The summed E-state index contributed by atoms with van der Waals surface area (Å²) in [7, 11) is 0. The third kappa shape index (κ3) is 2.68. The van der Waals surface area contributed by atoms with E-state index in [2.05, 4.69) is 29.2 Å². The average Bonchev–Trinajstić information content (AvgIpc) is 2.89. The third-order valence-electron chi connectivity index (χ3n) is 3.84. The van der Waals surface area contributed by atoms with Gasteiger partial charge in [0.1, 0.15) is 0 Å². The molecule has 0 unspecified atom stereocenters. The van der Waals surface area contributed by atoms with E-state index in [1.54, 1.807) is 0 Å². The summed E-state index contributed by atoms with van der Waals surface area (Å²) < 4.78 is 5.43. The molecule has 0 atom stereocenters. The molecule has 1 aliphatic rings. The van der Waals surface area contributed by atoms with Gasteiger partial charge in [0, 0.05) is 17.5 Å². The minimum atomic E-state index is 0.343. The summed E-state index contributed by atoms with van der Waals surface area (Å²) in [5.41, 5.74) is 8.14. The highest BCUT2D eigenvalue weighted by Gasteiger charge is 2.24. The second-order valence-electron chi connectivity index (χ2n) is 5.44. The van der Waals surface area contributed by atoms with E-state index in [0.717, 1.165) is 37.1 Å². The molecule has 1 heterocycles. The first-order chi connectivity index (χ1) is 9.22. The molecule has 4 heteroatoms. The van der Waals surface area contributed by atoms with Gasteiger partial charge in [-0.3, -0.25) is 0 Å². The van der Waals surface area contributed by atoms with Gasteiger partial charge in [-0.15, -0.1) is 0 Å². The fourth-order valence-electron chi connectivity index (χ4n) is 2.67. The standard InChI is InChI=1S/C15H19N3O/c1-10-3-2-4-12(9-10)14-17-15(19-18-14)11-5-7-13(16)8-6-11/h2-4,9,11,13H,5-8,16H2,1H3. The Balaban J connectivity index is 1.80. The van der Waals surface area contributed by atoms with Crippen LogP contribution in [0.5, 0.6) is 0 Å². The molecule has 1 aliphatic carbocycles. The molecular formula is C15H19N3O. The van der Waals surface area contributed by atoms with Crippen molar-refractivity contribution in [2.24, 2.45) is 5.73 Å². The fraction of sp³-hybridized carbons (Fsp3) is 0.467. The predicted octanol–water partition coefficient (Wildman–Crippen LogP) is 3.03. The summed E-state index contributed by atoms with van der Waals surface area (Å²) in [4.78, 5) is 4.55. The number of nitrogens with two attached hydrogens (primary N) is 1. The van der Waals surface area contributed by atoms with Crippen molar-refractivity contribution in [2.75, 3.05) is 0 Å². The Bertz CT molecular complexity index is 556. The quantitative estimate of drug-likeness (QED) is 0.898. The zero-order valence-corrected chi connectivity index (χ0v) is 11.2. The first-order valence-electron chi connectivity index (χ1n) is 6.88. The second-order valence-corrected chi connectivity index (χ2v) is 5.44. The minimum Gasteiger partial charge on any atom is -0.339 e. The Morgan fingerprint density at radius 1 is 1.21 bits per heavy atom. The summed E-state index contributed by atoms with van der Waals surface area (Å²) in [6, 6.07) is 8.51. The second kappa shape index (κ2) is 5.13. The van der Waals surface area contributed by atoms with Crippen LogP contribution in [0.1, 0.15) is 43.1 Å². The zero-order chi connectivity index (χ0) is 13.2. The van der Waals surface area contributed by atoms with Gasteiger partial charge in [0.05, 0.1) is 0 Å². The van der Waals surface area contributed by atoms with Crippen LogP contribution in [0.25, 0.3) is 11.4 Å². The summed E-state index contributed by atoms with van der Waals surface area (Å²) in [5.74, 6) is 1.84. The molecule has 1 fully saturated rings. The number of aryl methyl sites for hydroxylation is 1. The summed E-state index contributed by atoms with van der Waals surface area (Å²) in [5, 5.41) is 4.10. The van der Waals surface area contributed by atoms with E-state index in [1.165, 1.54) is 5.56 Å². The number of hydrogen-bond donors (Lipinski definition) is 1. The van der Waals surface area contributed by atoms with Gasteiger partial charge >= 0.3 is 0 Å². The van der Waals surface area contributed by atoms with Gasteiger partial charge in [-0.1, -0.05) is 28.9 Å². The van der Waals surface area contributed by atoms with E-state index in [4.69, 9.17) is 10.3 Å². The molecule has 2 N–H and O–H groups in total. The number of rotatable bonds is 2. The van der Waals surface area contributed by atoms with Crippen molar-refractivity contribution in [1.29, 1.82) is 0 Å². The molecule has 0 saturated heterocycles. The maximum atomic E-state index is 5.92. The van der Waals surface area contributed by atoms with Crippen LogP contribution < -0.4 is 5.73 Å². The first-order valence-corrected chi connectivity index (χ1v) is 6.88. The Morgan fingerprint density at radius 3 is 2.74 bits per heavy atom. The lowest BCUT2D eigenvalue weighted by atomic mass is 9.86. The Morgan fingerprint density at radius 2 is 2.00 bits per heavy atom. The van der Waals surface area contributed by atoms with E-state index in [-0.39, 0.29) is 0 Å². The van der Waals surface area contributed by atoms with Gasteiger partial charge in [0.15, 0.2) is 0 Å². The largest absolute Gasteiger partial charge is 0.339 e. The van der Waals surface area contributed by atoms with Gasteiger partial charge in [-0.25, -0.2) is 0 Å². The number of benzene rings is 1. The van der Waals surface area contributed by atoms with Crippen LogP contribution in [0.2, 0.25) is 0 Å². The SMILES string of the molecule is Cc1cccc(-c2noc(C3CCC(N)CC3)n2)c1. The van der Waals surface area contributed by atoms with Crippen LogP contribution in [0.15, 0.2) is 28.8 Å². The summed E-state index contributed by atoms with van der Waals surface area (Å²) in [6.45, 7) is 2.06. The molecule has 1 saturated carbocycles. The van der Waals surface area contributed by atoms with Crippen molar-refractivity contribution in [3.8, 4) is 11.4 Å². The van der Waals surface area contributed by atoms with Crippen molar-refractivity contribution in [1.82, 2.24) is 10.1 Å². The summed E-state index contributed by atoms with van der Waals surface area (Å²) in [6.07, 6.45) is 4.20. The molecule has 1 aromatic heterocycles. The van der Waals surface area contributed by atoms with Gasteiger partial charge in [-0.2, -0.15) is 4.98 Å². The molecule has 3 rings (SSSR count). The van der Waals surface area contributed by atoms with Crippen molar-refractivity contribution in [2.45, 2.75) is 44.6 Å². The van der Waals surface area contributed by atoms with Crippen LogP contribution >= 0.6 is 0 Å². The number of aromatic nitrogens is 2. The molecular weight excluding hydrogens is 238 g/mol. The average molecular weight is 257 g/mol. The van der Waals surface area contributed by atoms with Crippen LogP contribution in [0.3, 0.4) is 0 Å². The smallest absolute Gasteiger partial charge is 0.230 e.